The van der Waals surface area contributed by atoms with Crippen molar-refractivity contribution in [1.82, 2.24) is 4.98 Å². The zero-order valence-corrected chi connectivity index (χ0v) is 24.9. The zero-order chi connectivity index (χ0) is 27.1. The topological polar surface area (TPSA) is 12.9 Å². The van der Waals surface area contributed by atoms with E-state index in [4.69, 9.17) is 16.8 Å². The van der Waals surface area contributed by atoms with Crippen LogP contribution in [0.5, 0.6) is 0 Å². The second kappa shape index (κ2) is 9.92. The molecule has 0 atom stereocenters. The van der Waals surface area contributed by atoms with Crippen LogP contribution in [0.15, 0.2) is 109 Å². The van der Waals surface area contributed by atoms with Gasteiger partial charge in [0.2, 0.25) is 0 Å². The highest BCUT2D eigenvalue weighted by Crippen LogP contribution is 2.44. The summed E-state index contributed by atoms with van der Waals surface area (Å²) in [5.41, 5.74) is 4.90. The first-order valence-corrected chi connectivity index (χ1v) is 16.0. The molecule has 3 heteroatoms. The van der Waals surface area contributed by atoms with E-state index in [0.29, 0.717) is 0 Å². The van der Waals surface area contributed by atoms with E-state index >= 15 is 0 Å². The summed E-state index contributed by atoms with van der Waals surface area (Å²) in [7, 11) is 0. The number of benzene rings is 4. The first kappa shape index (κ1) is 26.5. The van der Waals surface area contributed by atoms with Gasteiger partial charge in [0.1, 0.15) is 0 Å². The number of nitrogens with zero attached hydrogens (tertiary/aromatic N) is 1. The van der Waals surface area contributed by atoms with Gasteiger partial charge in [-0.1, -0.05) is 144 Å². The summed E-state index contributed by atoms with van der Waals surface area (Å²) in [5, 5.41) is 5.96. The highest BCUT2D eigenvalue weighted by atomic mass is 32.4. The van der Waals surface area contributed by atoms with Gasteiger partial charge < -0.3 is 0 Å². The van der Waals surface area contributed by atoms with E-state index in [0.717, 1.165) is 16.6 Å². The fourth-order valence-electron chi connectivity index (χ4n) is 4.89. The van der Waals surface area contributed by atoms with Crippen molar-refractivity contribution >= 4 is 44.5 Å². The predicted molar refractivity (Wildman–Crippen MR) is 171 cm³/mol. The lowest BCUT2D eigenvalue weighted by molar-refractivity contribution is 0.590. The largest absolute Gasteiger partial charge is 0.256 e. The molecule has 0 aliphatic heterocycles. The molecule has 0 unspecified atom stereocenters. The molecule has 0 radical (unpaired) electrons. The number of aromatic nitrogens is 1. The quantitative estimate of drug-likeness (QED) is 0.216. The van der Waals surface area contributed by atoms with Gasteiger partial charge in [0, 0.05) is 23.2 Å². The molecule has 5 rings (SSSR count). The lowest BCUT2D eigenvalue weighted by atomic mass is 9.87. The van der Waals surface area contributed by atoms with E-state index in [1.54, 1.807) is 0 Å². The van der Waals surface area contributed by atoms with Crippen molar-refractivity contribution in [2.75, 3.05) is 0 Å². The van der Waals surface area contributed by atoms with Crippen molar-refractivity contribution < 1.29 is 0 Å². The Morgan fingerprint density at radius 1 is 0.553 bits per heavy atom. The molecule has 0 saturated heterocycles. The van der Waals surface area contributed by atoms with E-state index < -0.39 is 6.04 Å². The summed E-state index contributed by atoms with van der Waals surface area (Å²) in [5.74, 6) is 0. The SMILES string of the molecule is CC(C)(C)c1ccc(P(=S)(c2ccc(C(C)(C)C)cc2)c2cccc(-c3cc4ccccc4cn3)c2)cc1. The first-order chi connectivity index (χ1) is 18.0. The Labute approximate surface area is 233 Å². The molecule has 0 amide bonds. The van der Waals surface area contributed by atoms with Crippen molar-refractivity contribution in [2.24, 2.45) is 0 Å². The molecule has 0 aliphatic carbocycles. The van der Waals surface area contributed by atoms with Gasteiger partial charge >= 0.3 is 0 Å². The van der Waals surface area contributed by atoms with Gasteiger partial charge in [0.05, 0.1) is 5.69 Å². The van der Waals surface area contributed by atoms with E-state index in [-0.39, 0.29) is 10.8 Å². The van der Waals surface area contributed by atoms with Gasteiger partial charge in [-0.05, 0) is 55.4 Å². The lowest BCUT2D eigenvalue weighted by Crippen LogP contribution is -2.26. The third-order valence-corrected chi connectivity index (χ3v) is 12.3. The Morgan fingerprint density at radius 3 is 1.61 bits per heavy atom. The molecule has 1 aromatic heterocycles. The molecular weight excluding hydrogens is 497 g/mol. The Balaban J connectivity index is 1.67. The molecule has 0 N–H and O–H groups in total. The molecule has 192 valence electrons. The van der Waals surface area contributed by atoms with Crippen LogP contribution in [0.4, 0.5) is 0 Å². The van der Waals surface area contributed by atoms with Crippen molar-refractivity contribution in [2.45, 2.75) is 52.4 Å². The van der Waals surface area contributed by atoms with E-state index in [1.165, 1.54) is 32.4 Å². The number of hydrogen-bond acceptors (Lipinski definition) is 2. The molecule has 5 aromatic rings. The number of rotatable bonds is 4. The normalized spacial score (nSPS) is 12.6. The van der Waals surface area contributed by atoms with Crippen molar-refractivity contribution in [1.29, 1.82) is 0 Å². The van der Waals surface area contributed by atoms with Crippen molar-refractivity contribution in [3.63, 3.8) is 0 Å². The van der Waals surface area contributed by atoms with E-state index in [9.17, 15) is 0 Å². The summed E-state index contributed by atoms with van der Waals surface area (Å²) >= 11 is 6.75. The maximum Gasteiger partial charge on any atom is 0.0708 e. The van der Waals surface area contributed by atoms with Gasteiger partial charge in [0.25, 0.3) is 0 Å². The number of hydrogen-bond donors (Lipinski definition) is 0. The van der Waals surface area contributed by atoms with Gasteiger partial charge in [0.15, 0.2) is 0 Å². The first-order valence-electron chi connectivity index (χ1n) is 13.2. The predicted octanol–water partition coefficient (Wildman–Crippen LogP) is 8.25. The van der Waals surface area contributed by atoms with Crippen LogP contribution in [0, 0.1) is 0 Å². The van der Waals surface area contributed by atoms with Gasteiger partial charge in [-0.15, -0.1) is 0 Å². The van der Waals surface area contributed by atoms with Crippen LogP contribution in [0.3, 0.4) is 0 Å². The summed E-state index contributed by atoms with van der Waals surface area (Å²) in [6, 6.07) is 35.1. The Kier molecular flexibility index (Phi) is 6.93. The molecule has 0 fully saturated rings. The van der Waals surface area contributed by atoms with Gasteiger partial charge in [-0.25, -0.2) is 0 Å². The van der Waals surface area contributed by atoms with Crippen LogP contribution < -0.4 is 15.9 Å². The average Bonchev–Trinajstić information content (AvgIpc) is 2.91. The molecule has 0 aliphatic rings. The molecule has 1 heterocycles. The Bertz CT molecular complexity index is 1570. The van der Waals surface area contributed by atoms with Crippen LogP contribution in [0.2, 0.25) is 0 Å². The summed E-state index contributed by atoms with van der Waals surface area (Å²) in [6.45, 7) is 13.5. The second-order valence-electron chi connectivity index (χ2n) is 12.2. The van der Waals surface area contributed by atoms with Crippen LogP contribution in [0.1, 0.15) is 52.7 Å². The third kappa shape index (κ3) is 5.13. The highest BCUT2D eigenvalue weighted by molar-refractivity contribution is 8.25. The van der Waals surface area contributed by atoms with E-state index in [1.807, 2.05) is 6.20 Å². The maximum atomic E-state index is 6.75. The van der Waals surface area contributed by atoms with Crippen molar-refractivity contribution in [3.05, 3.63) is 120 Å². The third-order valence-electron chi connectivity index (χ3n) is 7.33. The number of pyridine rings is 1. The molecule has 38 heavy (non-hydrogen) atoms. The summed E-state index contributed by atoms with van der Waals surface area (Å²) in [4.78, 5) is 4.80. The smallest absolute Gasteiger partial charge is 0.0708 e. The fourth-order valence-corrected chi connectivity index (χ4v) is 8.61. The van der Waals surface area contributed by atoms with Crippen molar-refractivity contribution in [3.8, 4) is 11.3 Å². The highest BCUT2D eigenvalue weighted by Gasteiger charge is 2.27. The second-order valence-corrected chi connectivity index (χ2v) is 16.6. The van der Waals surface area contributed by atoms with Crippen LogP contribution in [-0.4, -0.2) is 4.98 Å². The number of fused-ring (bicyclic) bond motifs is 1. The zero-order valence-electron chi connectivity index (χ0n) is 23.2. The van der Waals surface area contributed by atoms with Gasteiger partial charge in [-0.3, -0.25) is 4.98 Å². The molecule has 0 spiro atoms. The average molecular weight is 534 g/mol. The molecule has 0 saturated carbocycles. The van der Waals surface area contributed by atoms with Crippen LogP contribution in [0.25, 0.3) is 22.0 Å². The van der Waals surface area contributed by atoms with E-state index in [2.05, 4.69) is 145 Å². The Morgan fingerprint density at radius 2 is 1.08 bits per heavy atom. The summed E-state index contributed by atoms with van der Waals surface area (Å²) in [6.07, 6.45) is 1.96. The minimum atomic E-state index is -2.31. The fraction of sp³-hybridized carbons (Fsp3) is 0.229. The molecule has 1 nitrogen and oxygen atoms in total. The molecule has 4 aromatic carbocycles. The molecule has 0 bridgehead atoms. The lowest BCUT2D eigenvalue weighted by Gasteiger charge is -2.27. The van der Waals surface area contributed by atoms with Crippen LogP contribution in [-0.2, 0) is 22.6 Å². The Hall–Kier alpha value is -3.06. The maximum absolute atomic E-state index is 6.75. The minimum absolute atomic E-state index is 0.0944. The molecular formula is C35H36NPS. The van der Waals surface area contributed by atoms with Crippen LogP contribution >= 0.6 is 6.04 Å². The summed E-state index contributed by atoms with van der Waals surface area (Å²) < 4.78 is 0. The monoisotopic (exact) mass is 533 g/mol. The minimum Gasteiger partial charge on any atom is -0.256 e. The van der Waals surface area contributed by atoms with Gasteiger partial charge in [-0.2, -0.15) is 0 Å². The standard InChI is InChI=1S/C35H36NPS/c1-34(2,3)28-14-18-30(19-15-28)37(38,31-20-16-29(17-21-31)35(4,5)6)32-13-9-12-26(22-32)33-23-25-10-7-8-11-27(25)24-36-33/h7-24H,1-6H3.